The molecule has 108 valence electrons. The van der Waals surface area contributed by atoms with Crippen molar-refractivity contribution in [3.63, 3.8) is 0 Å². The molecule has 0 spiro atoms. The van der Waals surface area contributed by atoms with Crippen molar-refractivity contribution in [1.29, 1.82) is 0 Å². The van der Waals surface area contributed by atoms with Crippen molar-refractivity contribution in [2.24, 2.45) is 0 Å². The third-order valence-electron chi connectivity index (χ3n) is 2.92. The number of carbonyl (C=O) groups excluding carboxylic acids is 2. The summed E-state index contributed by atoms with van der Waals surface area (Å²) >= 11 is 0. The van der Waals surface area contributed by atoms with Gasteiger partial charge in [-0.3, -0.25) is 4.79 Å². The van der Waals surface area contributed by atoms with Gasteiger partial charge in [0.05, 0.1) is 0 Å². The summed E-state index contributed by atoms with van der Waals surface area (Å²) in [7, 11) is 0. The third kappa shape index (κ3) is 4.45. The number of aldehydes is 1. The molecule has 0 amide bonds. The maximum absolute atomic E-state index is 11.6. The van der Waals surface area contributed by atoms with E-state index < -0.39 is 5.97 Å². The molecule has 2 rings (SSSR count). The highest BCUT2D eigenvalue weighted by Gasteiger charge is 2.07. The summed E-state index contributed by atoms with van der Waals surface area (Å²) in [6.07, 6.45) is 0.769. The number of aryl methyl sites for hydroxylation is 1. The molecule has 4 heteroatoms. The molecule has 4 nitrogen and oxygen atoms in total. The molecule has 0 saturated heterocycles. The first-order valence-electron chi connectivity index (χ1n) is 6.57. The van der Waals surface area contributed by atoms with Gasteiger partial charge >= 0.3 is 5.97 Å². The molecule has 0 aliphatic heterocycles. The minimum Gasteiger partial charge on any atom is -0.482 e. The second kappa shape index (κ2) is 7.24. The van der Waals surface area contributed by atoms with Gasteiger partial charge in [0.1, 0.15) is 18.6 Å². The largest absolute Gasteiger partial charge is 0.482 e. The first kappa shape index (κ1) is 14.8. The Kier molecular flexibility index (Phi) is 5.10. The second-order valence-corrected chi connectivity index (χ2v) is 4.58. The van der Waals surface area contributed by atoms with Crippen LogP contribution in [0.1, 0.15) is 21.5 Å². The van der Waals surface area contributed by atoms with Crippen LogP contribution >= 0.6 is 0 Å². The Morgan fingerprint density at radius 3 is 2.57 bits per heavy atom. The number of hydrogen-bond acceptors (Lipinski definition) is 4. The predicted molar refractivity (Wildman–Crippen MR) is 78.3 cm³/mol. The van der Waals surface area contributed by atoms with Crippen LogP contribution in [0.15, 0.2) is 48.5 Å². The van der Waals surface area contributed by atoms with Gasteiger partial charge in [-0.25, -0.2) is 4.79 Å². The van der Waals surface area contributed by atoms with Gasteiger partial charge < -0.3 is 9.47 Å². The molecule has 0 unspecified atom stereocenters. The zero-order chi connectivity index (χ0) is 15.1. The van der Waals surface area contributed by atoms with E-state index in [-0.39, 0.29) is 13.2 Å². The van der Waals surface area contributed by atoms with Crippen LogP contribution in [0.25, 0.3) is 0 Å². The van der Waals surface area contributed by atoms with Crippen LogP contribution in [-0.4, -0.2) is 18.9 Å². The van der Waals surface area contributed by atoms with Crippen molar-refractivity contribution in [2.45, 2.75) is 13.5 Å². The first-order chi connectivity index (χ1) is 10.2. The third-order valence-corrected chi connectivity index (χ3v) is 2.92. The molecule has 0 atom stereocenters. The molecule has 0 N–H and O–H groups in total. The maximum Gasteiger partial charge on any atom is 0.344 e. The molecular weight excluding hydrogens is 268 g/mol. The average Bonchev–Trinajstić information content (AvgIpc) is 2.52. The Hall–Kier alpha value is -2.62. The lowest BCUT2D eigenvalue weighted by Crippen LogP contribution is -2.15. The fraction of sp³-hybridized carbons (Fsp3) is 0.176. The van der Waals surface area contributed by atoms with Crippen LogP contribution < -0.4 is 4.74 Å². The van der Waals surface area contributed by atoms with E-state index in [9.17, 15) is 9.59 Å². The van der Waals surface area contributed by atoms with E-state index in [2.05, 4.69) is 0 Å². The average molecular weight is 284 g/mol. The number of hydrogen-bond donors (Lipinski definition) is 0. The predicted octanol–water partition coefficient (Wildman–Crippen LogP) is 2.93. The van der Waals surface area contributed by atoms with E-state index in [1.54, 1.807) is 18.2 Å². The highest BCUT2D eigenvalue weighted by molar-refractivity contribution is 5.75. The topological polar surface area (TPSA) is 52.6 Å². The molecule has 0 aliphatic rings. The first-order valence-corrected chi connectivity index (χ1v) is 6.57. The Balaban J connectivity index is 1.82. The van der Waals surface area contributed by atoms with E-state index in [1.165, 1.54) is 0 Å². The van der Waals surface area contributed by atoms with Gasteiger partial charge in [-0.1, -0.05) is 30.3 Å². The van der Waals surface area contributed by atoms with Crippen LogP contribution in [-0.2, 0) is 16.1 Å². The minimum absolute atomic E-state index is 0.159. The van der Waals surface area contributed by atoms with Gasteiger partial charge in [0.15, 0.2) is 6.61 Å². The highest BCUT2D eigenvalue weighted by atomic mass is 16.6. The summed E-state index contributed by atoms with van der Waals surface area (Å²) in [6.45, 7) is 1.89. The number of benzene rings is 2. The smallest absolute Gasteiger partial charge is 0.344 e. The molecule has 2 aromatic rings. The van der Waals surface area contributed by atoms with Crippen LogP contribution in [0.3, 0.4) is 0 Å². The zero-order valence-corrected chi connectivity index (χ0v) is 11.7. The van der Waals surface area contributed by atoms with Crippen LogP contribution in [0.2, 0.25) is 0 Å². The fourth-order valence-corrected chi connectivity index (χ4v) is 1.82. The van der Waals surface area contributed by atoms with Gasteiger partial charge in [0, 0.05) is 5.56 Å². The van der Waals surface area contributed by atoms with E-state index in [1.807, 2.05) is 37.3 Å². The summed E-state index contributed by atoms with van der Waals surface area (Å²) < 4.78 is 10.5. The Morgan fingerprint density at radius 1 is 1.14 bits per heavy atom. The summed E-state index contributed by atoms with van der Waals surface area (Å²) in [4.78, 5) is 22.3. The van der Waals surface area contributed by atoms with Crippen LogP contribution in [0.4, 0.5) is 0 Å². The van der Waals surface area contributed by atoms with Crippen molar-refractivity contribution in [1.82, 2.24) is 0 Å². The van der Waals surface area contributed by atoms with Crippen LogP contribution in [0, 0.1) is 6.92 Å². The number of rotatable bonds is 6. The minimum atomic E-state index is -0.433. The van der Waals surface area contributed by atoms with Crippen molar-refractivity contribution in [3.8, 4) is 5.75 Å². The number of ether oxygens (including phenoxy) is 2. The Bertz CT molecular complexity index is 620. The fourth-order valence-electron chi connectivity index (χ4n) is 1.82. The van der Waals surface area contributed by atoms with E-state index >= 15 is 0 Å². The highest BCUT2D eigenvalue weighted by Crippen LogP contribution is 2.18. The molecule has 0 heterocycles. The lowest BCUT2D eigenvalue weighted by molar-refractivity contribution is -0.147. The van der Waals surface area contributed by atoms with E-state index in [0.29, 0.717) is 11.3 Å². The Morgan fingerprint density at radius 2 is 1.90 bits per heavy atom. The molecule has 0 bridgehead atoms. The van der Waals surface area contributed by atoms with Crippen molar-refractivity contribution in [2.75, 3.05) is 6.61 Å². The monoisotopic (exact) mass is 284 g/mol. The number of carbonyl (C=O) groups is 2. The standard InChI is InChI=1S/C17H16O4/c1-13-9-15(10-18)7-8-16(13)20-12-17(19)21-11-14-5-3-2-4-6-14/h2-10H,11-12H2,1H3. The molecular formula is C17H16O4. The lowest BCUT2D eigenvalue weighted by atomic mass is 10.1. The van der Waals surface area contributed by atoms with Crippen LogP contribution in [0.5, 0.6) is 5.75 Å². The number of esters is 1. The van der Waals surface area contributed by atoms with Crippen molar-refractivity contribution in [3.05, 3.63) is 65.2 Å². The molecule has 0 saturated carbocycles. The van der Waals surface area contributed by atoms with Gasteiger partial charge in [-0.05, 0) is 36.2 Å². The summed E-state index contributed by atoms with van der Waals surface area (Å²) in [6, 6.07) is 14.5. The molecule has 0 aliphatic carbocycles. The molecule has 21 heavy (non-hydrogen) atoms. The van der Waals surface area contributed by atoms with Crippen molar-refractivity contribution >= 4 is 12.3 Å². The van der Waals surface area contributed by atoms with Gasteiger partial charge in [-0.2, -0.15) is 0 Å². The van der Waals surface area contributed by atoms with E-state index in [0.717, 1.165) is 17.4 Å². The van der Waals surface area contributed by atoms with Crippen molar-refractivity contribution < 1.29 is 19.1 Å². The molecule has 0 radical (unpaired) electrons. The SMILES string of the molecule is Cc1cc(C=O)ccc1OCC(=O)OCc1ccccc1. The van der Waals surface area contributed by atoms with Gasteiger partial charge in [0.2, 0.25) is 0 Å². The maximum atomic E-state index is 11.6. The molecule has 0 fully saturated rings. The summed E-state index contributed by atoms with van der Waals surface area (Å²) in [5, 5.41) is 0. The van der Waals surface area contributed by atoms with E-state index in [4.69, 9.17) is 9.47 Å². The molecule has 2 aromatic carbocycles. The summed E-state index contributed by atoms with van der Waals surface area (Å²) in [5.74, 6) is 0.134. The lowest BCUT2D eigenvalue weighted by Gasteiger charge is -2.09. The quantitative estimate of drug-likeness (QED) is 0.604. The second-order valence-electron chi connectivity index (χ2n) is 4.58. The zero-order valence-electron chi connectivity index (χ0n) is 11.7. The molecule has 0 aromatic heterocycles. The normalized spacial score (nSPS) is 9.95. The Labute approximate surface area is 123 Å². The van der Waals surface area contributed by atoms with Gasteiger partial charge in [-0.15, -0.1) is 0 Å². The van der Waals surface area contributed by atoms with Gasteiger partial charge in [0.25, 0.3) is 0 Å². The summed E-state index contributed by atoms with van der Waals surface area (Å²) in [5.41, 5.74) is 2.30.